The Morgan fingerprint density at radius 3 is 3.00 bits per heavy atom. The molecule has 2 aliphatic rings. The van der Waals surface area contributed by atoms with Gasteiger partial charge >= 0.3 is 0 Å². The number of likely N-dealkylation sites (tertiary alicyclic amines) is 1. The normalized spacial score (nSPS) is 23.6. The van der Waals surface area contributed by atoms with Gasteiger partial charge in [-0.1, -0.05) is 35.9 Å². The molecule has 4 rings (SSSR count). The molecule has 1 spiro atoms. The van der Waals surface area contributed by atoms with Gasteiger partial charge < -0.3 is 10.1 Å². The van der Waals surface area contributed by atoms with E-state index >= 15 is 0 Å². The van der Waals surface area contributed by atoms with Crippen LogP contribution in [0.2, 0.25) is 5.02 Å². The van der Waals surface area contributed by atoms with Crippen molar-refractivity contribution in [2.45, 2.75) is 31.6 Å². The molecule has 6 heteroatoms. The van der Waals surface area contributed by atoms with Crippen LogP contribution in [0.15, 0.2) is 42.6 Å². The van der Waals surface area contributed by atoms with Gasteiger partial charge in [0.1, 0.15) is 11.4 Å². The monoisotopic (exact) mass is 357 g/mol. The van der Waals surface area contributed by atoms with Gasteiger partial charge in [-0.2, -0.15) is 0 Å². The maximum Gasteiger partial charge on any atom is 0.242 e. The molecule has 0 saturated carbocycles. The van der Waals surface area contributed by atoms with Gasteiger partial charge in [-0.25, -0.2) is 4.98 Å². The number of halogens is 1. The minimum absolute atomic E-state index is 0.0712. The van der Waals surface area contributed by atoms with Crippen molar-refractivity contribution < 1.29 is 9.53 Å². The van der Waals surface area contributed by atoms with Crippen molar-refractivity contribution in [3.8, 4) is 0 Å². The third kappa shape index (κ3) is 3.03. The van der Waals surface area contributed by atoms with Crippen LogP contribution in [0.3, 0.4) is 0 Å². The van der Waals surface area contributed by atoms with E-state index in [0.29, 0.717) is 17.4 Å². The van der Waals surface area contributed by atoms with Gasteiger partial charge in [0.2, 0.25) is 5.91 Å². The van der Waals surface area contributed by atoms with E-state index in [2.05, 4.69) is 33.4 Å². The molecule has 3 heterocycles. The van der Waals surface area contributed by atoms with E-state index in [1.165, 1.54) is 17.3 Å². The number of pyridine rings is 1. The summed E-state index contributed by atoms with van der Waals surface area (Å²) in [5.41, 5.74) is 2.25. The first-order chi connectivity index (χ1) is 12.1. The van der Waals surface area contributed by atoms with Crippen molar-refractivity contribution >= 4 is 23.3 Å². The predicted octanol–water partition coefficient (Wildman–Crippen LogP) is 3.19. The number of hydrogen-bond donors (Lipinski definition) is 1. The Kier molecular flexibility index (Phi) is 4.23. The van der Waals surface area contributed by atoms with Gasteiger partial charge in [-0.3, -0.25) is 9.69 Å². The zero-order valence-corrected chi connectivity index (χ0v) is 14.8. The second kappa shape index (κ2) is 6.41. The van der Waals surface area contributed by atoms with E-state index in [4.69, 9.17) is 16.3 Å². The number of amides is 1. The van der Waals surface area contributed by atoms with Crippen molar-refractivity contribution in [2.24, 2.45) is 0 Å². The van der Waals surface area contributed by atoms with Gasteiger partial charge in [0.25, 0.3) is 0 Å². The molecule has 5 nitrogen and oxygen atoms in total. The third-order valence-corrected chi connectivity index (χ3v) is 5.40. The second-order valence-corrected chi connectivity index (χ2v) is 7.12. The second-order valence-electron chi connectivity index (χ2n) is 6.69. The number of anilines is 1. The summed E-state index contributed by atoms with van der Waals surface area (Å²) in [5, 5.41) is 3.40. The summed E-state index contributed by atoms with van der Waals surface area (Å²) in [6.07, 6.45) is 2.43. The van der Waals surface area contributed by atoms with Gasteiger partial charge in [0, 0.05) is 19.3 Å². The third-order valence-electron chi connectivity index (χ3n) is 5.18. The van der Waals surface area contributed by atoms with Gasteiger partial charge in [-0.05, 0) is 36.6 Å². The molecule has 2 aliphatic heterocycles. The molecule has 1 aromatic carbocycles. The number of nitrogens with zero attached hydrogens (tertiary/aromatic N) is 2. The molecular formula is C19H20ClN3O2. The van der Waals surface area contributed by atoms with Crippen LogP contribution in [0.1, 0.15) is 24.5 Å². The molecule has 1 N–H and O–H groups in total. The minimum Gasteiger partial charge on any atom is -0.364 e. The Morgan fingerprint density at radius 1 is 1.36 bits per heavy atom. The van der Waals surface area contributed by atoms with Crippen molar-refractivity contribution in [3.05, 3.63) is 58.7 Å². The first kappa shape index (κ1) is 16.5. The molecule has 2 aromatic rings. The molecule has 25 heavy (non-hydrogen) atoms. The van der Waals surface area contributed by atoms with E-state index in [9.17, 15) is 4.79 Å². The lowest BCUT2D eigenvalue weighted by Crippen LogP contribution is -2.42. The summed E-state index contributed by atoms with van der Waals surface area (Å²) in [6, 6.07) is 11.5. The van der Waals surface area contributed by atoms with E-state index in [1.807, 2.05) is 13.0 Å². The average Bonchev–Trinajstić information content (AvgIpc) is 3.22. The maximum absolute atomic E-state index is 12.6. The van der Waals surface area contributed by atoms with E-state index in [1.54, 1.807) is 12.1 Å². The van der Waals surface area contributed by atoms with Crippen molar-refractivity contribution in [1.82, 2.24) is 9.88 Å². The highest BCUT2D eigenvalue weighted by molar-refractivity contribution is 6.30. The Balaban J connectivity index is 1.45. The molecule has 0 aliphatic carbocycles. The number of aromatic nitrogens is 1. The molecule has 2 unspecified atom stereocenters. The minimum atomic E-state index is -0.274. The van der Waals surface area contributed by atoms with E-state index < -0.39 is 0 Å². The average molecular weight is 358 g/mol. The molecule has 1 aromatic heterocycles. The lowest BCUT2D eigenvalue weighted by Gasteiger charge is -2.27. The SMILES string of the molecule is CC(C(=O)Nc1ccc(Cl)cn1)N1CCC2(C1)OCc1ccccc12. The zero-order chi connectivity index (χ0) is 17.4. The first-order valence-electron chi connectivity index (χ1n) is 8.46. The molecule has 1 amide bonds. The number of fused-ring (bicyclic) bond motifs is 2. The summed E-state index contributed by atoms with van der Waals surface area (Å²) < 4.78 is 6.16. The van der Waals surface area contributed by atoms with Gasteiger partial charge in [-0.15, -0.1) is 0 Å². The molecule has 0 radical (unpaired) electrons. The quantitative estimate of drug-likeness (QED) is 0.916. The van der Waals surface area contributed by atoms with Crippen LogP contribution >= 0.6 is 11.6 Å². The fourth-order valence-corrected chi connectivity index (χ4v) is 3.82. The standard InChI is InChI=1S/C19H20ClN3O2/c1-13(18(24)22-17-7-6-15(20)10-21-17)23-9-8-19(12-23)16-5-3-2-4-14(16)11-25-19/h2-7,10,13H,8-9,11-12H2,1H3,(H,21,22,24). The largest absolute Gasteiger partial charge is 0.364 e. The van der Waals surface area contributed by atoms with Crippen molar-refractivity contribution in [1.29, 1.82) is 0 Å². The topological polar surface area (TPSA) is 54.5 Å². The number of ether oxygens (including phenoxy) is 1. The summed E-state index contributed by atoms with van der Waals surface area (Å²) >= 11 is 5.83. The molecule has 1 fully saturated rings. The van der Waals surface area contributed by atoms with Crippen LogP contribution in [0.25, 0.3) is 0 Å². The summed E-state index contributed by atoms with van der Waals surface area (Å²) in [4.78, 5) is 18.9. The van der Waals surface area contributed by atoms with Gasteiger partial charge in [0.15, 0.2) is 0 Å². The van der Waals surface area contributed by atoms with Crippen molar-refractivity contribution in [3.63, 3.8) is 0 Å². The number of rotatable bonds is 3. The molecule has 130 valence electrons. The fourth-order valence-electron chi connectivity index (χ4n) is 3.71. The van der Waals surface area contributed by atoms with E-state index in [0.717, 1.165) is 19.5 Å². The zero-order valence-electron chi connectivity index (χ0n) is 14.0. The van der Waals surface area contributed by atoms with Crippen LogP contribution in [-0.2, 0) is 21.7 Å². The Hall–Kier alpha value is -1.95. The Labute approximate surface area is 152 Å². The van der Waals surface area contributed by atoms with Crippen molar-refractivity contribution in [2.75, 3.05) is 18.4 Å². The molecule has 1 saturated heterocycles. The molecule has 0 bridgehead atoms. The van der Waals surface area contributed by atoms with Crippen LogP contribution < -0.4 is 5.32 Å². The fraction of sp³-hybridized carbons (Fsp3) is 0.368. The number of hydrogen-bond acceptors (Lipinski definition) is 4. The Morgan fingerprint density at radius 2 is 2.20 bits per heavy atom. The smallest absolute Gasteiger partial charge is 0.242 e. The number of carbonyl (C=O) groups excluding carboxylic acids is 1. The highest BCUT2D eigenvalue weighted by Gasteiger charge is 2.47. The Bertz CT molecular complexity index is 796. The summed E-state index contributed by atoms with van der Waals surface area (Å²) in [7, 11) is 0. The van der Waals surface area contributed by atoms with Crippen LogP contribution in [0.4, 0.5) is 5.82 Å². The highest BCUT2D eigenvalue weighted by Crippen LogP contribution is 2.43. The summed E-state index contributed by atoms with van der Waals surface area (Å²) in [5.74, 6) is 0.441. The first-order valence-corrected chi connectivity index (χ1v) is 8.84. The molecular weight excluding hydrogens is 338 g/mol. The van der Waals surface area contributed by atoms with Crippen LogP contribution in [0, 0.1) is 0 Å². The number of benzene rings is 1. The van der Waals surface area contributed by atoms with Crippen LogP contribution in [0.5, 0.6) is 0 Å². The molecule has 2 atom stereocenters. The van der Waals surface area contributed by atoms with Crippen LogP contribution in [-0.4, -0.2) is 34.9 Å². The highest BCUT2D eigenvalue weighted by atomic mass is 35.5. The number of nitrogens with one attached hydrogen (secondary N) is 1. The summed E-state index contributed by atoms with van der Waals surface area (Å²) in [6.45, 7) is 4.13. The number of carbonyl (C=O) groups is 1. The lowest BCUT2D eigenvalue weighted by molar-refractivity contribution is -0.121. The lowest BCUT2D eigenvalue weighted by atomic mass is 9.92. The van der Waals surface area contributed by atoms with Gasteiger partial charge in [0.05, 0.1) is 17.7 Å². The van der Waals surface area contributed by atoms with E-state index in [-0.39, 0.29) is 17.6 Å². The predicted molar refractivity (Wildman–Crippen MR) is 96.4 cm³/mol. The maximum atomic E-state index is 12.6.